The summed E-state index contributed by atoms with van der Waals surface area (Å²) in [5.74, 6) is 0. The minimum Gasteiger partial charge on any atom is -0.0622 e. The second kappa shape index (κ2) is 3.54. The molecule has 11 heavy (non-hydrogen) atoms. The third kappa shape index (κ3) is 2.72. The van der Waals surface area contributed by atoms with Crippen molar-refractivity contribution in [3.63, 3.8) is 0 Å². The summed E-state index contributed by atoms with van der Waals surface area (Å²) in [6.07, 6.45) is 0. The molecule has 0 fully saturated rings. The summed E-state index contributed by atoms with van der Waals surface area (Å²) in [5.41, 5.74) is 1.69. The summed E-state index contributed by atoms with van der Waals surface area (Å²) in [5, 5.41) is 0. The zero-order valence-electron chi connectivity index (χ0n) is 7.29. The van der Waals surface area contributed by atoms with E-state index in [9.17, 15) is 0 Å². The van der Waals surface area contributed by atoms with Gasteiger partial charge in [0.15, 0.2) is 0 Å². The molecule has 1 nitrogen and oxygen atoms in total. The van der Waals surface area contributed by atoms with Gasteiger partial charge in [-0.15, -0.1) is 0 Å². The average Bonchev–Trinajstić information content (AvgIpc) is 1.88. The van der Waals surface area contributed by atoms with Gasteiger partial charge in [0, 0.05) is 5.48 Å². The smallest absolute Gasteiger partial charge is 0 e. The Hall–Kier alpha value is -0.820. The van der Waals surface area contributed by atoms with Crippen molar-refractivity contribution in [2.75, 3.05) is 0 Å². The molecule has 1 rings (SSSR count). The second-order valence-corrected chi connectivity index (χ2v) is 3.62. The molecule has 0 heterocycles. The zero-order chi connectivity index (χ0) is 7.61. The van der Waals surface area contributed by atoms with Crippen LogP contribution in [0.25, 0.3) is 0 Å². The topological polar surface area (TPSA) is 28.5 Å². The first-order valence-corrected chi connectivity index (χ1v) is 3.66. The van der Waals surface area contributed by atoms with Crippen LogP contribution in [-0.4, -0.2) is 0 Å². The maximum absolute atomic E-state index is 2.22. The Balaban J connectivity index is 0.000001000. The summed E-state index contributed by atoms with van der Waals surface area (Å²) in [6.45, 7) is 6.67. The predicted octanol–water partition coefficient (Wildman–Crippen LogP) is 2.87. The number of hydrogen-bond acceptors (Lipinski definition) is 0. The summed E-state index contributed by atoms with van der Waals surface area (Å²) in [6, 6.07) is 10.6. The van der Waals surface area contributed by atoms with Gasteiger partial charge in [-0.2, -0.15) is 0 Å². The quantitative estimate of drug-likeness (QED) is 0.544. The van der Waals surface area contributed by atoms with Crippen LogP contribution in [0.1, 0.15) is 26.3 Å². The SMILES string of the molecule is CC(C)(C)c1ccccc1.[O]. The standard InChI is InChI=1S/C10H14.O/c1-10(2,3)9-7-5-4-6-8-9;/h4-8H,1-3H3;. The van der Waals surface area contributed by atoms with Crippen molar-refractivity contribution in [2.45, 2.75) is 26.2 Å². The monoisotopic (exact) mass is 150 g/mol. The highest BCUT2D eigenvalue weighted by atomic mass is 16.0. The van der Waals surface area contributed by atoms with Gasteiger partial charge in [-0.05, 0) is 11.0 Å². The Labute approximate surface area is 68.4 Å². The molecule has 1 heteroatoms. The van der Waals surface area contributed by atoms with Crippen LogP contribution < -0.4 is 0 Å². The molecular weight excluding hydrogens is 136 g/mol. The molecule has 0 N–H and O–H groups in total. The van der Waals surface area contributed by atoms with Crippen LogP contribution >= 0.6 is 0 Å². The number of benzene rings is 1. The summed E-state index contributed by atoms with van der Waals surface area (Å²) in [7, 11) is 0. The molecule has 0 unspecified atom stereocenters. The molecule has 0 atom stereocenters. The lowest BCUT2D eigenvalue weighted by Gasteiger charge is -2.18. The van der Waals surface area contributed by atoms with E-state index in [1.807, 2.05) is 0 Å². The van der Waals surface area contributed by atoms with Crippen molar-refractivity contribution in [1.29, 1.82) is 0 Å². The summed E-state index contributed by atoms with van der Waals surface area (Å²) in [4.78, 5) is 0. The van der Waals surface area contributed by atoms with E-state index < -0.39 is 0 Å². The van der Waals surface area contributed by atoms with Gasteiger partial charge in [0.2, 0.25) is 0 Å². The molecule has 0 amide bonds. The lowest BCUT2D eigenvalue weighted by atomic mass is 9.87. The highest BCUT2D eigenvalue weighted by Gasteiger charge is 2.11. The van der Waals surface area contributed by atoms with E-state index in [0.29, 0.717) is 5.41 Å². The van der Waals surface area contributed by atoms with Crippen molar-refractivity contribution in [1.82, 2.24) is 0 Å². The Morgan fingerprint density at radius 1 is 0.909 bits per heavy atom. The molecule has 0 bridgehead atoms. The Morgan fingerprint density at radius 3 is 1.64 bits per heavy atom. The van der Waals surface area contributed by atoms with Crippen molar-refractivity contribution in [3.05, 3.63) is 35.9 Å². The van der Waals surface area contributed by atoms with Crippen molar-refractivity contribution >= 4 is 0 Å². The maximum Gasteiger partial charge on any atom is 0 e. The Bertz CT molecular complexity index is 196. The zero-order valence-corrected chi connectivity index (χ0v) is 7.29. The van der Waals surface area contributed by atoms with Crippen LogP contribution in [0.2, 0.25) is 0 Å². The first-order chi connectivity index (χ1) is 4.61. The highest BCUT2D eigenvalue weighted by molar-refractivity contribution is 5.21. The van der Waals surface area contributed by atoms with Crippen molar-refractivity contribution in [2.24, 2.45) is 0 Å². The molecule has 0 aromatic heterocycles. The second-order valence-electron chi connectivity index (χ2n) is 3.62. The minimum absolute atomic E-state index is 0. The molecular formula is C10H14O. The average molecular weight is 150 g/mol. The van der Waals surface area contributed by atoms with E-state index in [2.05, 4.69) is 51.1 Å². The molecule has 0 aliphatic heterocycles. The van der Waals surface area contributed by atoms with E-state index >= 15 is 0 Å². The molecule has 60 valence electrons. The van der Waals surface area contributed by atoms with E-state index in [4.69, 9.17) is 0 Å². The van der Waals surface area contributed by atoms with Gasteiger partial charge >= 0.3 is 0 Å². The van der Waals surface area contributed by atoms with E-state index in [-0.39, 0.29) is 5.48 Å². The largest absolute Gasteiger partial charge is 0.0622 e. The van der Waals surface area contributed by atoms with Gasteiger partial charge in [0.05, 0.1) is 0 Å². The molecule has 1 aromatic rings. The fourth-order valence-electron chi connectivity index (χ4n) is 0.938. The highest BCUT2D eigenvalue weighted by Crippen LogP contribution is 2.20. The van der Waals surface area contributed by atoms with Crippen LogP contribution in [0, 0.1) is 0 Å². The van der Waals surface area contributed by atoms with Crippen LogP contribution in [-0.2, 0) is 10.9 Å². The van der Waals surface area contributed by atoms with Gasteiger partial charge in [-0.3, -0.25) is 0 Å². The number of hydrogen-bond donors (Lipinski definition) is 0. The molecule has 0 aliphatic carbocycles. The van der Waals surface area contributed by atoms with Gasteiger partial charge in [0.1, 0.15) is 0 Å². The van der Waals surface area contributed by atoms with Crippen LogP contribution in [0.15, 0.2) is 30.3 Å². The van der Waals surface area contributed by atoms with E-state index in [1.54, 1.807) is 0 Å². The molecule has 0 spiro atoms. The van der Waals surface area contributed by atoms with Crippen LogP contribution in [0.3, 0.4) is 0 Å². The molecule has 0 saturated carbocycles. The first kappa shape index (κ1) is 10.2. The third-order valence-electron chi connectivity index (χ3n) is 1.64. The minimum atomic E-state index is 0. The fraction of sp³-hybridized carbons (Fsp3) is 0.400. The molecule has 1 aromatic carbocycles. The molecule has 0 saturated heterocycles. The summed E-state index contributed by atoms with van der Waals surface area (Å²) >= 11 is 0. The maximum atomic E-state index is 2.22. The lowest BCUT2D eigenvalue weighted by Crippen LogP contribution is -2.10. The summed E-state index contributed by atoms with van der Waals surface area (Å²) < 4.78 is 0. The normalized spacial score (nSPS) is 10.5. The van der Waals surface area contributed by atoms with Gasteiger partial charge < -0.3 is 0 Å². The molecule has 2 radical (unpaired) electrons. The number of rotatable bonds is 0. The van der Waals surface area contributed by atoms with Crippen molar-refractivity contribution < 1.29 is 5.48 Å². The van der Waals surface area contributed by atoms with Crippen LogP contribution in [0.5, 0.6) is 0 Å². The Kier molecular flexibility index (Phi) is 3.27. The van der Waals surface area contributed by atoms with Gasteiger partial charge in [-0.25, -0.2) is 0 Å². The lowest BCUT2D eigenvalue weighted by molar-refractivity contribution is 0.590. The van der Waals surface area contributed by atoms with Crippen molar-refractivity contribution in [3.8, 4) is 0 Å². The van der Waals surface area contributed by atoms with E-state index in [0.717, 1.165) is 0 Å². The molecule has 0 aliphatic rings. The third-order valence-corrected chi connectivity index (χ3v) is 1.64. The fourth-order valence-corrected chi connectivity index (χ4v) is 0.938. The van der Waals surface area contributed by atoms with E-state index in [1.165, 1.54) is 5.56 Å². The van der Waals surface area contributed by atoms with Crippen LogP contribution in [0.4, 0.5) is 0 Å². The van der Waals surface area contributed by atoms with Gasteiger partial charge in [0.25, 0.3) is 0 Å². The Morgan fingerprint density at radius 2 is 1.36 bits per heavy atom. The first-order valence-electron chi connectivity index (χ1n) is 3.66. The predicted molar refractivity (Wildman–Crippen MR) is 45.8 cm³/mol. The van der Waals surface area contributed by atoms with Gasteiger partial charge in [-0.1, -0.05) is 51.1 Å².